The molecule has 0 rings (SSSR count). The molecule has 2 nitrogen and oxygen atoms in total. The minimum Gasteiger partial charge on any atom is -0.327 e. The highest BCUT2D eigenvalue weighted by Crippen LogP contribution is 1.77. The molecule has 0 spiro atoms. The van der Waals surface area contributed by atoms with Crippen molar-refractivity contribution in [1.82, 2.24) is 0 Å². The minimum absolute atomic E-state index is 0.130. The average molecular weight is 106 g/mol. The topological polar surface area (TPSA) is 52.0 Å². The second-order valence-corrected chi connectivity index (χ2v) is 1.72. The highest BCUT2D eigenvalue weighted by Gasteiger charge is 1.96. The molecule has 0 bridgehead atoms. The first kappa shape index (κ1) is 6.92. The zero-order valence-electron chi connectivity index (χ0n) is 6.31. The monoisotopic (exact) mass is 106 g/mol. The number of hydrogen-bond acceptors (Lipinski definition) is 2. The molecule has 0 aromatic rings. The van der Waals surface area contributed by atoms with Gasteiger partial charge in [0, 0.05) is 13.5 Å². The van der Waals surface area contributed by atoms with Crippen molar-refractivity contribution in [3.8, 4) is 0 Å². The Kier molecular flexibility index (Phi) is 4.04. The van der Waals surface area contributed by atoms with E-state index in [1.165, 1.54) is 7.40 Å². The van der Waals surface area contributed by atoms with Crippen LogP contribution in [-0.4, -0.2) is 12.1 Å². The van der Waals surface area contributed by atoms with Crippen molar-refractivity contribution in [1.29, 1.82) is 0 Å². The standard InChI is InChI=1S/C4H12N2.CH4/c1-3(5)4(2)6;/h3-4H,5-6H2,1-2H3;1H4/i;1T. The van der Waals surface area contributed by atoms with Gasteiger partial charge >= 0.3 is 0 Å². The van der Waals surface area contributed by atoms with Crippen LogP contribution < -0.4 is 11.5 Å². The second kappa shape index (κ2) is 4.09. The van der Waals surface area contributed by atoms with E-state index in [1.807, 2.05) is 13.8 Å². The molecule has 0 aliphatic rings. The van der Waals surface area contributed by atoms with Crippen LogP contribution in [0.4, 0.5) is 0 Å². The molecule has 0 fully saturated rings. The average Bonchev–Trinajstić information content (AvgIpc) is 1.72. The van der Waals surface area contributed by atoms with Crippen molar-refractivity contribution >= 4 is 0 Å². The highest BCUT2D eigenvalue weighted by atomic mass is 14.7. The zero-order chi connectivity index (χ0) is 7.15. The van der Waals surface area contributed by atoms with Crippen LogP contribution in [-0.2, 0) is 0 Å². The summed E-state index contributed by atoms with van der Waals surface area (Å²) in [6.07, 6.45) is 0. The Hall–Kier alpha value is -0.0800. The Balaban J connectivity index is 0. The van der Waals surface area contributed by atoms with E-state index in [9.17, 15) is 0 Å². The fourth-order valence-corrected chi connectivity index (χ4v) is 0. The molecule has 0 aromatic heterocycles. The maximum atomic E-state index is 5.75. The highest BCUT2D eigenvalue weighted by molar-refractivity contribution is 4.63. The van der Waals surface area contributed by atoms with Crippen molar-refractivity contribution in [2.24, 2.45) is 11.5 Å². The normalized spacial score (nSPS) is 18.1. The SMILES string of the molecule is CC(N)C(C)N.[3H]C. The number of nitrogens with two attached hydrogens (primary N) is 2. The smallest absolute Gasteiger partial charge is 0.0194 e. The maximum Gasteiger partial charge on any atom is 0.0194 e. The Morgan fingerprint density at radius 3 is 1.43 bits per heavy atom. The lowest BCUT2D eigenvalue weighted by atomic mass is 10.2. The van der Waals surface area contributed by atoms with E-state index in [-0.39, 0.29) is 12.1 Å². The van der Waals surface area contributed by atoms with E-state index in [4.69, 9.17) is 12.8 Å². The van der Waals surface area contributed by atoms with Crippen molar-refractivity contribution in [2.45, 2.75) is 33.3 Å². The van der Waals surface area contributed by atoms with Crippen molar-refractivity contribution in [2.75, 3.05) is 0 Å². The molecule has 46 valence electrons. The first-order chi connectivity index (χ1) is 3.64. The Morgan fingerprint density at radius 1 is 1.29 bits per heavy atom. The summed E-state index contributed by atoms with van der Waals surface area (Å²) in [5.74, 6) is 0. The van der Waals surface area contributed by atoms with Crippen LogP contribution in [0.2, 0.25) is 0 Å². The van der Waals surface area contributed by atoms with Crippen LogP contribution in [0.1, 0.15) is 22.6 Å². The van der Waals surface area contributed by atoms with E-state index in [0.29, 0.717) is 0 Å². The van der Waals surface area contributed by atoms with Gasteiger partial charge in [0.05, 0.1) is 0 Å². The van der Waals surface area contributed by atoms with E-state index in [0.717, 1.165) is 0 Å². The van der Waals surface area contributed by atoms with Gasteiger partial charge in [-0.2, -0.15) is 0 Å². The lowest BCUT2D eigenvalue weighted by Gasteiger charge is -2.06. The molecule has 0 saturated heterocycles. The van der Waals surface area contributed by atoms with Gasteiger partial charge in [0.15, 0.2) is 0 Å². The summed E-state index contributed by atoms with van der Waals surface area (Å²) in [4.78, 5) is 0. The van der Waals surface area contributed by atoms with Gasteiger partial charge in [-0.1, -0.05) is 7.40 Å². The van der Waals surface area contributed by atoms with Crippen molar-refractivity contribution in [3.05, 3.63) is 0 Å². The Labute approximate surface area is 47.3 Å². The molecule has 0 radical (unpaired) electrons. The third-order valence-electron chi connectivity index (χ3n) is 0.829. The molecular weight excluding hydrogens is 88.1 g/mol. The second-order valence-electron chi connectivity index (χ2n) is 1.72. The van der Waals surface area contributed by atoms with Crippen LogP contribution in [0, 0.1) is 0 Å². The van der Waals surface area contributed by atoms with Crippen LogP contribution >= 0.6 is 0 Å². The molecular formula is C5H16N2. The quantitative estimate of drug-likeness (QED) is 0.505. The molecule has 0 amide bonds. The first-order valence-corrected chi connectivity index (χ1v) is 2.15. The summed E-state index contributed by atoms with van der Waals surface area (Å²) in [6, 6.07) is 0.259. The molecule has 7 heavy (non-hydrogen) atoms. The Morgan fingerprint density at radius 2 is 1.43 bits per heavy atom. The summed E-state index contributed by atoms with van der Waals surface area (Å²) in [7, 11) is 1.25. The van der Waals surface area contributed by atoms with Crippen LogP contribution in [0.15, 0.2) is 0 Å². The van der Waals surface area contributed by atoms with E-state index in [1.54, 1.807) is 0 Å². The molecule has 0 aliphatic heterocycles. The van der Waals surface area contributed by atoms with Gasteiger partial charge in [-0.15, -0.1) is 0 Å². The first-order valence-electron chi connectivity index (χ1n) is 3.15. The van der Waals surface area contributed by atoms with Crippen LogP contribution in [0.5, 0.6) is 0 Å². The lowest BCUT2D eigenvalue weighted by molar-refractivity contribution is 0.603. The van der Waals surface area contributed by atoms with Crippen LogP contribution in [0.3, 0.4) is 0 Å². The molecule has 2 unspecified atom stereocenters. The van der Waals surface area contributed by atoms with Gasteiger partial charge in [-0.3, -0.25) is 0 Å². The Bertz CT molecular complexity index is 31.4. The third kappa shape index (κ3) is 5.92. The zero-order valence-corrected chi connectivity index (χ0v) is 5.31. The predicted octanol–water partition coefficient (Wildman–Crippen LogP) is 0.317. The maximum absolute atomic E-state index is 5.75. The summed E-state index contributed by atoms with van der Waals surface area (Å²) >= 11 is 0. The van der Waals surface area contributed by atoms with E-state index in [2.05, 4.69) is 0 Å². The van der Waals surface area contributed by atoms with Gasteiger partial charge in [-0.25, -0.2) is 0 Å². The molecule has 0 heterocycles. The van der Waals surface area contributed by atoms with Gasteiger partial charge in [0.2, 0.25) is 0 Å². The molecule has 2 heteroatoms. The number of rotatable bonds is 1. The van der Waals surface area contributed by atoms with Gasteiger partial charge in [0.1, 0.15) is 0 Å². The van der Waals surface area contributed by atoms with Crippen molar-refractivity contribution in [3.63, 3.8) is 0 Å². The fourth-order valence-electron chi connectivity index (χ4n) is 0. The fraction of sp³-hybridized carbons (Fsp3) is 1.00. The van der Waals surface area contributed by atoms with E-state index >= 15 is 0 Å². The summed E-state index contributed by atoms with van der Waals surface area (Å²) < 4.78 is 5.75. The van der Waals surface area contributed by atoms with Gasteiger partial charge < -0.3 is 11.5 Å². The molecule has 0 aromatic carbocycles. The summed E-state index contributed by atoms with van der Waals surface area (Å²) in [5, 5.41) is 0. The lowest BCUT2D eigenvalue weighted by Crippen LogP contribution is -2.35. The largest absolute Gasteiger partial charge is 0.327 e. The van der Waals surface area contributed by atoms with Crippen molar-refractivity contribution < 1.29 is 1.37 Å². The molecule has 4 N–H and O–H groups in total. The molecule has 0 aliphatic carbocycles. The van der Waals surface area contributed by atoms with E-state index < -0.39 is 0 Å². The van der Waals surface area contributed by atoms with Gasteiger partial charge in [-0.05, 0) is 13.8 Å². The minimum atomic E-state index is 0.130. The van der Waals surface area contributed by atoms with Crippen LogP contribution in [0.25, 0.3) is 0 Å². The predicted molar refractivity (Wildman–Crippen MR) is 34.0 cm³/mol. The molecule has 2 atom stereocenters. The summed E-state index contributed by atoms with van der Waals surface area (Å²) in [5.41, 5.74) is 10.6. The van der Waals surface area contributed by atoms with Gasteiger partial charge in [0.25, 0.3) is 0 Å². The summed E-state index contributed by atoms with van der Waals surface area (Å²) in [6.45, 7) is 3.79. The third-order valence-corrected chi connectivity index (χ3v) is 0.829. The molecule has 0 saturated carbocycles. The number of hydrogen-bond donors (Lipinski definition) is 2.